The van der Waals surface area contributed by atoms with E-state index in [0.29, 0.717) is 57.3 Å². The van der Waals surface area contributed by atoms with Crippen LogP contribution in [0.5, 0.6) is 0 Å². The van der Waals surface area contributed by atoms with Crippen molar-refractivity contribution < 1.29 is 18.3 Å². The van der Waals surface area contributed by atoms with E-state index >= 15 is 0 Å². The number of amides is 1. The second-order valence-electron chi connectivity index (χ2n) is 5.67. The number of guanidine groups is 1. The number of hydrogen-bond donors (Lipinski definition) is 1. The summed E-state index contributed by atoms with van der Waals surface area (Å²) in [6.45, 7) is 5.07. The molecule has 1 aromatic carbocycles. The highest BCUT2D eigenvalue weighted by Gasteiger charge is 2.23. The van der Waals surface area contributed by atoms with Gasteiger partial charge in [-0.05, 0) is 31.0 Å². The van der Waals surface area contributed by atoms with E-state index in [4.69, 9.17) is 4.74 Å². The van der Waals surface area contributed by atoms with E-state index in [1.807, 2.05) is 4.90 Å². The van der Waals surface area contributed by atoms with Crippen molar-refractivity contribution >= 4 is 36.0 Å². The molecule has 0 atom stereocenters. The summed E-state index contributed by atoms with van der Waals surface area (Å²) in [5.74, 6) is -0.440. The molecule has 0 spiro atoms. The first-order valence-electron chi connectivity index (χ1n) is 8.35. The van der Waals surface area contributed by atoms with Gasteiger partial charge in [-0.2, -0.15) is 0 Å². The average molecular weight is 482 g/mol. The molecule has 0 unspecified atom stereocenters. The Bertz CT molecular complexity index is 603. The van der Waals surface area contributed by atoms with E-state index in [2.05, 4.69) is 10.3 Å². The number of benzene rings is 1. The van der Waals surface area contributed by atoms with Gasteiger partial charge in [-0.1, -0.05) is 0 Å². The van der Waals surface area contributed by atoms with E-state index in [0.717, 1.165) is 6.07 Å². The SMILES string of the molecule is CCOC(=O)N1CCN(C(=NC)NCCc2cc(F)cc(F)c2)CC1.I. The van der Waals surface area contributed by atoms with Gasteiger partial charge in [-0.25, -0.2) is 13.6 Å². The molecule has 0 aromatic heterocycles. The van der Waals surface area contributed by atoms with Crippen molar-refractivity contribution in [3.05, 3.63) is 35.4 Å². The van der Waals surface area contributed by atoms with Crippen LogP contribution >= 0.6 is 24.0 Å². The molecule has 9 heteroatoms. The van der Waals surface area contributed by atoms with E-state index in [-0.39, 0.29) is 30.1 Å². The number of nitrogens with zero attached hydrogens (tertiary/aromatic N) is 3. The van der Waals surface area contributed by atoms with Gasteiger partial charge in [0.25, 0.3) is 0 Å². The highest BCUT2D eigenvalue weighted by Crippen LogP contribution is 2.08. The highest BCUT2D eigenvalue weighted by molar-refractivity contribution is 14.0. The molecule has 146 valence electrons. The van der Waals surface area contributed by atoms with Crippen LogP contribution in [0.1, 0.15) is 12.5 Å². The summed E-state index contributed by atoms with van der Waals surface area (Å²) in [4.78, 5) is 19.7. The first kappa shape index (κ1) is 22.4. The lowest BCUT2D eigenvalue weighted by atomic mass is 10.1. The van der Waals surface area contributed by atoms with Crippen molar-refractivity contribution in [3.63, 3.8) is 0 Å². The summed E-state index contributed by atoms with van der Waals surface area (Å²) < 4.78 is 31.4. The molecule has 1 heterocycles. The Morgan fingerprint density at radius 1 is 1.15 bits per heavy atom. The van der Waals surface area contributed by atoms with Gasteiger partial charge in [0.05, 0.1) is 6.61 Å². The molecule has 1 aliphatic rings. The fourth-order valence-corrected chi connectivity index (χ4v) is 2.72. The van der Waals surface area contributed by atoms with Crippen LogP contribution in [-0.2, 0) is 11.2 Å². The zero-order valence-electron chi connectivity index (χ0n) is 15.0. The third kappa shape index (κ3) is 6.58. The smallest absolute Gasteiger partial charge is 0.409 e. The Morgan fingerprint density at radius 3 is 2.27 bits per heavy atom. The van der Waals surface area contributed by atoms with Crippen molar-refractivity contribution in [2.75, 3.05) is 46.4 Å². The molecule has 1 saturated heterocycles. The number of halogens is 3. The van der Waals surface area contributed by atoms with E-state index in [1.165, 1.54) is 12.1 Å². The third-order valence-electron chi connectivity index (χ3n) is 3.94. The van der Waals surface area contributed by atoms with Crippen molar-refractivity contribution in [2.45, 2.75) is 13.3 Å². The van der Waals surface area contributed by atoms with Gasteiger partial charge in [0, 0.05) is 45.8 Å². The fraction of sp³-hybridized carbons (Fsp3) is 0.529. The van der Waals surface area contributed by atoms with Crippen LogP contribution in [0.15, 0.2) is 23.2 Å². The minimum atomic E-state index is -0.575. The number of carbonyl (C=O) groups is 1. The number of aliphatic imine (C=N–C) groups is 1. The van der Waals surface area contributed by atoms with Crippen molar-refractivity contribution in [3.8, 4) is 0 Å². The Kier molecular flexibility index (Phi) is 9.60. The molecule has 0 saturated carbocycles. The van der Waals surface area contributed by atoms with Crippen molar-refractivity contribution in [1.82, 2.24) is 15.1 Å². The highest BCUT2D eigenvalue weighted by atomic mass is 127. The maximum atomic E-state index is 13.2. The van der Waals surface area contributed by atoms with Crippen molar-refractivity contribution in [2.24, 2.45) is 4.99 Å². The standard InChI is InChI=1S/C17H24F2N4O2.HI/c1-3-25-17(24)23-8-6-22(7-9-23)16(20-2)21-5-4-13-10-14(18)12-15(19)11-13;/h10-12H,3-9H2,1-2H3,(H,20,21);1H. The summed E-state index contributed by atoms with van der Waals surface area (Å²) in [5, 5.41) is 3.19. The second-order valence-corrected chi connectivity index (χ2v) is 5.67. The summed E-state index contributed by atoms with van der Waals surface area (Å²) in [7, 11) is 1.68. The molecular formula is C17H25F2IN4O2. The van der Waals surface area contributed by atoms with Gasteiger partial charge in [-0.15, -0.1) is 24.0 Å². The number of ether oxygens (including phenoxy) is 1. The molecule has 0 radical (unpaired) electrons. The maximum Gasteiger partial charge on any atom is 0.409 e. The number of piperazine rings is 1. The minimum Gasteiger partial charge on any atom is -0.450 e. The van der Waals surface area contributed by atoms with Crippen LogP contribution < -0.4 is 5.32 Å². The van der Waals surface area contributed by atoms with Gasteiger partial charge in [0.2, 0.25) is 0 Å². The van der Waals surface area contributed by atoms with Crippen LogP contribution in [0.2, 0.25) is 0 Å². The zero-order valence-corrected chi connectivity index (χ0v) is 17.3. The van der Waals surface area contributed by atoms with Crippen LogP contribution in [0.3, 0.4) is 0 Å². The van der Waals surface area contributed by atoms with Gasteiger partial charge < -0.3 is 19.9 Å². The molecule has 1 aliphatic heterocycles. The molecule has 1 amide bonds. The fourth-order valence-electron chi connectivity index (χ4n) is 2.72. The van der Waals surface area contributed by atoms with E-state index in [9.17, 15) is 13.6 Å². The Labute approximate surface area is 169 Å². The van der Waals surface area contributed by atoms with Crippen LogP contribution in [-0.4, -0.2) is 68.2 Å². The minimum absolute atomic E-state index is 0. The molecule has 1 fully saturated rings. The number of carbonyl (C=O) groups excluding carboxylic acids is 1. The lowest BCUT2D eigenvalue weighted by molar-refractivity contribution is 0.0914. The molecule has 0 aliphatic carbocycles. The van der Waals surface area contributed by atoms with Gasteiger partial charge >= 0.3 is 6.09 Å². The zero-order chi connectivity index (χ0) is 18.2. The largest absolute Gasteiger partial charge is 0.450 e. The Morgan fingerprint density at radius 2 is 1.73 bits per heavy atom. The van der Waals surface area contributed by atoms with Gasteiger partial charge in [-0.3, -0.25) is 4.99 Å². The lowest BCUT2D eigenvalue weighted by Crippen LogP contribution is -2.54. The number of nitrogens with one attached hydrogen (secondary N) is 1. The second kappa shape index (κ2) is 11.1. The molecule has 1 aromatic rings. The van der Waals surface area contributed by atoms with E-state index in [1.54, 1.807) is 18.9 Å². The van der Waals surface area contributed by atoms with E-state index < -0.39 is 11.6 Å². The lowest BCUT2D eigenvalue weighted by Gasteiger charge is -2.35. The topological polar surface area (TPSA) is 57.2 Å². The molecule has 0 bridgehead atoms. The first-order valence-corrected chi connectivity index (χ1v) is 8.35. The molecule has 26 heavy (non-hydrogen) atoms. The summed E-state index contributed by atoms with van der Waals surface area (Å²) >= 11 is 0. The Balaban J connectivity index is 0.00000338. The third-order valence-corrected chi connectivity index (χ3v) is 3.94. The predicted molar refractivity (Wildman–Crippen MR) is 107 cm³/mol. The van der Waals surface area contributed by atoms with Gasteiger partial charge in [0.15, 0.2) is 5.96 Å². The summed E-state index contributed by atoms with van der Waals surface area (Å²) in [6.07, 6.45) is 0.189. The summed E-state index contributed by atoms with van der Waals surface area (Å²) in [6, 6.07) is 3.51. The molecule has 2 rings (SSSR count). The van der Waals surface area contributed by atoms with Crippen LogP contribution in [0, 0.1) is 11.6 Å². The first-order chi connectivity index (χ1) is 12.0. The van der Waals surface area contributed by atoms with Gasteiger partial charge in [0.1, 0.15) is 11.6 Å². The number of rotatable bonds is 4. The Hall–Kier alpha value is -1.65. The molecule has 6 nitrogen and oxygen atoms in total. The quantitative estimate of drug-likeness (QED) is 0.407. The van der Waals surface area contributed by atoms with Crippen LogP contribution in [0.4, 0.5) is 13.6 Å². The predicted octanol–water partition coefficient (Wildman–Crippen LogP) is 2.47. The van der Waals surface area contributed by atoms with Crippen LogP contribution in [0.25, 0.3) is 0 Å². The normalized spacial score (nSPS) is 14.7. The monoisotopic (exact) mass is 482 g/mol. The molecular weight excluding hydrogens is 457 g/mol. The molecule has 1 N–H and O–H groups in total. The van der Waals surface area contributed by atoms with Crippen molar-refractivity contribution in [1.29, 1.82) is 0 Å². The summed E-state index contributed by atoms with van der Waals surface area (Å²) in [5.41, 5.74) is 0.590. The maximum absolute atomic E-state index is 13.2. The number of hydrogen-bond acceptors (Lipinski definition) is 3. The average Bonchev–Trinajstić information content (AvgIpc) is 2.58.